The molecule has 4 heteroatoms. The lowest BCUT2D eigenvalue weighted by atomic mass is 9.80. The van der Waals surface area contributed by atoms with E-state index in [9.17, 15) is 10.0 Å². The molecule has 0 saturated carbocycles. The molecule has 0 fully saturated rings. The summed E-state index contributed by atoms with van der Waals surface area (Å²) in [6.45, 7) is 0. The van der Waals surface area contributed by atoms with Gasteiger partial charge in [0.05, 0.1) is 0 Å². The van der Waals surface area contributed by atoms with E-state index in [0.717, 1.165) is 28.2 Å². The van der Waals surface area contributed by atoms with Crippen molar-refractivity contribution < 1.29 is 10.0 Å². The third-order valence-electron chi connectivity index (χ3n) is 4.88. The van der Waals surface area contributed by atoms with E-state index in [1.807, 2.05) is 60.7 Å². The molecule has 0 heterocycles. The maximum absolute atomic E-state index is 9.19. The monoisotopic (exact) mass is 391 g/mol. The Kier molecular flexibility index (Phi) is 6.09. The lowest BCUT2D eigenvalue weighted by Crippen LogP contribution is -2.29. The van der Waals surface area contributed by atoms with Gasteiger partial charge in [-0.3, -0.25) is 0 Å². The van der Waals surface area contributed by atoms with Gasteiger partial charge < -0.3 is 14.9 Å². The van der Waals surface area contributed by atoms with E-state index >= 15 is 0 Å². The second kappa shape index (κ2) is 9.27. The minimum Gasteiger partial charge on any atom is -0.423 e. The van der Waals surface area contributed by atoms with Gasteiger partial charge in [0.15, 0.2) is 0 Å². The van der Waals surface area contributed by atoms with Crippen LogP contribution >= 0.6 is 0 Å². The summed E-state index contributed by atoms with van der Waals surface area (Å²) in [6.07, 6.45) is 4.05. The third-order valence-corrected chi connectivity index (χ3v) is 4.88. The van der Waals surface area contributed by atoms with Crippen molar-refractivity contribution in [1.82, 2.24) is 0 Å². The highest BCUT2D eigenvalue weighted by Crippen LogP contribution is 2.34. The van der Waals surface area contributed by atoms with Crippen LogP contribution in [-0.4, -0.2) is 17.2 Å². The van der Waals surface area contributed by atoms with Crippen molar-refractivity contribution in [3.8, 4) is 0 Å². The van der Waals surface area contributed by atoms with Gasteiger partial charge in [-0.15, -0.1) is 0 Å². The van der Waals surface area contributed by atoms with E-state index in [1.165, 1.54) is 0 Å². The standard InChI is InChI=1S/C26H22BNO2/c29-27(30)23-17-13-21(14-18-23)11-12-22-15-19-26(20-16-22)28(24-7-3-1-4-8-24)25-9-5-2-6-10-25/h1-20,29-30H/b12-11+. The number of anilines is 3. The van der Waals surface area contributed by atoms with Crippen LogP contribution in [0.2, 0.25) is 0 Å². The maximum atomic E-state index is 9.19. The molecule has 4 aromatic rings. The fourth-order valence-corrected chi connectivity index (χ4v) is 3.31. The summed E-state index contributed by atoms with van der Waals surface area (Å²) in [7, 11) is -1.44. The van der Waals surface area contributed by atoms with E-state index in [0.29, 0.717) is 5.46 Å². The Bertz CT molecular complexity index is 1050. The van der Waals surface area contributed by atoms with E-state index < -0.39 is 7.12 Å². The second-order valence-corrected chi connectivity index (χ2v) is 6.97. The molecule has 0 aromatic heterocycles. The van der Waals surface area contributed by atoms with E-state index in [2.05, 4.69) is 53.4 Å². The predicted molar refractivity (Wildman–Crippen MR) is 126 cm³/mol. The number of hydrogen-bond acceptors (Lipinski definition) is 3. The number of para-hydroxylation sites is 2. The normalized spacial score (nSPS) is 10.9. The van der Waals surface area contributed by atoms with Gasteiger partial charge in [0.25, 0.3) is 0 Å². The predicted octanol–water partition coefficient (Wildman–Crippen LogP) is 5.01. The molecule has 3 nitrogen and oxygen atoms in total. The molecule has 30 heavy (non-hydrogen) atoms. The minimum atomic E-state index is -1.44. The molecule has 0 aliphatic heterocycles. The van der Waals surface area contributed by atoms with Crippen molar-refractivity contribution in [1.29, 1.82) is 0 Å². The lowest BCUT2D eigenvalue weighted by molar-refractivity contribution is 0.426. The molecule has 0 aliphatic carbocycles. The van der Waals surface area contributed by atoms with Gasteiger partial charge >= 0.3 is 7.12 Å². The van der Waals surface area contributed by atoms with E-state index in [1.54, 1.807) is 12.1 Å². The molecule has 0 saturated heterocycles. The average molecular weight is 391 g/mol. The quantitative estimate of drug-likeness (QED) is 0.359. The topological polar surface area (TPSA) is 43.7 Å². The Hall–Kier alpha value is -3.60. The van der Waals surface area contributed by atoms with Gasteiger partial charge in [0, 0.05) is 17.1 Å². The van der Waals surface area contributed by atoms with Crippen molar-refractivity contribution in [3.05, 3.63) is 120 Å². The number of hydrogen-bond donors (Lipinski definition) is 2. The Morgan fingerprint density at radius 3 is 1.33 bits per heavy atom. The molecule has 0 spiro atoms. The lowest BCUT2D eigenvalue weighted by Gasteiger charge is -2.25. The van der Waals surface area contributed by atoms with Gasteiger partial charge in [0.1, 0.15) is 0 Å². The Labute approximate surface area is 177 Å². The highest BCUT2D eigenvalue weighted by Gasteiger charge is 2.11. The number of nitrogens with zero attached hydrogens (tertiary/aromatic N) is 1. The summed E-state index contributed by atoms with van der Waals surface area (Å²) >= 11 is 0. The molecule has 146 valence electrons. The summed E-state index contributed by atoms with van der Waals surface area (Å²) < 4.78 is 0. The fourth-order valence-electron chi connectivity index (χ4n) is 3.31. The summed E-state index contributed by atoms with van der Waals surface area (Å²) in [5, 5.41) is 18.4. The van der Waals surface area contributed by atoms with Crippen LogP contribution in [0.1, 0.15) is 11.1 Å². The molecular formula is C26H22BNO2. The van der Waals surface area contributed by atoms with Crippen LogP contribution in [0, 0.1) is 0 Å². The van der Waals surface area contributed by atoms with Crippen molar-refractivity contribution in [3.63, 3.8) is 0 Å². The molecule has 0 aliphatic rings. The molecule has 4 rings (SSSR count). The highest BCUT2D eigenvalue weighted by atomic mass is 16.4. The maximum Gasteiger partial charge on any atom is 0.488 e. The summed E-state index contributed by atoms with van der Waals surface area (Å²) in [4.78, 5) is 2.23. The first-order valence-corrected chi connectivity index (χ1v) is 9.85. The molecule has 0 radical (unpaired) electrons. The van der Waals surface area contributed by atoms with Gasteiger partial charge in [-0.25, -0.2) is 0 Å². The molecule has 0 unspecified atom stereocenters. The van der Waals surface area contributed by atoms with Crippen LogP contribution in [-0.2, 0) is 0 Å². The molecule has 2 N–H and O–H groups in total. The van der Waals surface area contributed by atoms with E-state index in [4.69, 9.17) is 0 Å². The van der Waals surface area contributed by atoms with E-state index in [-0.39, 0.29) is 0 Å². The molecule has 0 amide bonds. The zero-order valence-corrected chi connectivity index (χ0v) is 16.5. The van der Waals surface area contributed by atoms with Crippen LogP contribution in [0.25, 0.3) is 12.2 Å². The Morgan fingerprint density at radius 1 is 0.500 bits per heavy atom. The van der Waals surface area contributed by atoms with Gasteiger partial charge in [-0.2, -0.15) is 0 Å². The van der Waals surface area contributed by atoms with Crippen LogP contribution in [0.5, 0.6) is 0 Å². The van der Waals surface area contributed by atoms with Crippen molar-refractivity contribution in [2.75, 3.05) is 4.90 Å². The van der Waals surface area contributed by atoms with Crippen molar-refractivity contribution in [2.45, 2.75) is 0 Å². The molecule has 0 atom stereocenters. The van der Waals surface area contributed by atoms with Gasteiger partial charge in [-0.1, -0.05) is 84.9 Å². The Morgan fingerprint density at radius 2 is 0.900 bits per heavy atom. The SMILES string of the molecule is OB(O)c1ccc(/C=C/c2ccc(N(c3ccccc3)c3ccccc3)cc2)cc1. The summed E-state index contributed by atoms with van der Waals surface area (Å²) in [5.74, 6) is 0. The molecule has 4 aromatic carbocycles. The second-order valence-electron chi connectivity index (χ2n) is 6.97. The Balaban J connectivity index is 1.58. The first kappa shape index (κ1) is 19.7. The summed E-state index contributed by atoms with van der Waals surface area (Å²) in [6, 6.07) is 36.2. The summed E-state index contributed by atoms with van der Waals surface area (Å²) in [5.41, 5.74) is 5.88. The first-order valence-electron chi connectivity index (χ1n) is 9.85. The van der Waals surface area contributed by atoms with Gasteiger partial charge in [-0.05, 0) is 53.0 Å². The average Bonchev–Trinajstić information content (AvgIpc) is 2.80. The highest BCUT2D eigenvalue weighted by molar-refractivity contribution is 6.58. The van der Waals surface area contributed by atoms with Crippen LogP contribution in [0.4, 0.5) is 17.1 Å². The fraction of sp³-hybridized carbons (Fsp3) is 0. The van der Waals surface area contributed by atoms with Gasteiger partial charge in [0.2, 0.25) is 0 Å². The van der Waals surface area contributed by atoms with Crippen LogP contribution in [0.3, 0.4) is 0 Å². The third kappa shape index (κ3) is 4.69. The largest absolute Gasteiger partial charge is 0.488 e. The number of rotatable bonds is 6. The zero-order valence-electron chi connectivity index (χ0n) is 16.5. The minimum absolute atomic E-state index is 0.485. The van der Waals surface area contributed by atoms with Crippen molar-refractivity contribution in [2.24, 2.45) is 0 Å². The number of benzene rings is 4. The molecule has 0 bridgehead atoms. The first-order chi connectivity index (χ1) is 14.7. The van der Waals surface area contributed by atoms with Crippen LogP contribution in [0.15, 0.2) is 109 Å². The zero-order chi connectivity index (χ0) is 20.8. The van der Waals surface area contributed by atoms with Crippen molar-refractivity contribution >= 4 is 41.8 Å². The van der Waals surface area contributed by atoms with Crippen LogP contribution < -0.4 is 10.4 Å². The molecular weight excluding hydrogens is 369 g/mol. The smallest absolute Gasteiger partial charge is 0.423 e.